The number of aromatic amines is 1. The number of piperidine rings is 1. The minimum Gasteiger partial charge on any atom is -0.368 e. The van der Waals surface area contributed by atoms with Gasteiger partial charge in [-0.25, -0.2) is 4.98 Å². The fourth-order valence-electron chi connectivity index (χ4n) is 3.40. The molecule has 1 atom stereocenters. The summed E-state index contributed by atoms with van der Waals surface area (Å²) in [5.74, 6) is -0.257. The molecule has 0 aliphatic carbocycles. The lowest BCUT2D eigenvalue weighted by Gasteiger charge is -2.33. The Labute approximate surface area is 171 Å². The quantitative estimate of drug-likeness (QED) is 0.564. The Morgan fingerprint density at radius 2 is 2.30 bits per heavy atom. The molecule has 10 heteroatoms. The third-order valence-corrected chi connectivity index (χ3v) is 5.18. The molecule has 4 N–H and O–H groups in total. The van der Waals surface area contributed by atoms with Crippen molar-refractivity contribution in [3.63, 3.8) is 0 Å². The Morgan fingerprint density at radius 3 is 3.00 bits per heavy atom. The Morgan fingerprint density at radius 1 is 1.48 bits per heavy atom. The Hall–Kier alpha value is -2.10. The number of carbonyl (C=O) groups excluding carboxylic acids is 1. The first kappa shape index (κ1) is 19.7. The molecule has 4 heterocycles. The molecule has 3 aromatic rings. The van der Waals surface area contributed by atoms with Gasteiger partial charge >= 0.3 is 0 Å². The van der Waals surface area contributed by atoms with Crippen LogP contribution < -0.4 is 16.0 Å². The molecule has 0 spiro atoms. The molecule has 1 fully saturated rings. The van der Waals surface area contributed by atoms with Gasteiger partial charge in [0.2, 0.25) is 0 Å². The van der Waals surface area contributed by atoms with E-state index in [1.54, 1.807) is 36.4 Å². The van der Waals surface area contributed by atoms with E-state index in [-0.39, 0.29) is 24.4 Å². The number of aromatic nitrogens is 4. The number of fused-ring (bicyclic) bond motifs is 1. The topological polar surface area (TPSA) is 105 Å². The zero-order valence-electron chi connectivity index (χ0n) is 14.8. The van der Waals surface area contributed by atoms with E-state index < -0.39 is 0 Å². The number of halogens is 2. The van der Waals surface area contributed by atoms with Crippen molar-refractivity contribution < 1.29 is 4.79 Å². The number of hydrogen-bond donors (Lipinski definition) is 3. The van der Waals surface area contributed by atoms with E-state index in [1.165, 1.54) is 0 Å². The molecular formula is C17H21BrClN7O. The molecule has 8 nitrogen and oxygen atoms in total. The maximum absolute atomic E-state index is 12.5. The summed E-state index contributed by atoms with van der Waals surface area (Å²) >= 11 is 3.62. The van der Waals surface area contributed by atoms with E-state index in [0.29, 0.717) is 11.4 Å². The van der Waals surface area contributed by atoms with Crippen LogP contribution in [0.15, 0.2) is 29.1 Å². The zero-order valence-corrected chi connectivity index (χ0v) is 17.2. The van der Waals surface area contributed by atoms with Crippen molar-refractivity contribution in [2.24, 2.45) is 12.8 Å². The highest BCUT2D eigenvalue weighted by Crippen LogP contribution is 2.38. The van der Waals surface area contributed by atoms with Crippen LogP contribution in [0.2, 0.25) is 0 Å². The maximum Gasteiger partial charge on any atom is 0.276 e. The van der Waals surface area contributed by atoms with Crippen LogP contribution in [-0.4, -0.2) is 44.8 Å². The van der Waals surface area contributed by atoms with Crippen molar-refractivity contribution in [1.29, 1.82) is 0 Å². The van der Waals surface area contributed by atoms with Gasteiger partial charge in [0.05, 0.1) is 21.2 Å². The van der Waals surface area contributed by atoms with Crippen molar-refractivity contribution in [2.45, 2.75) is 18.9 Å². The number of amides is 1. The van der Waals surface area contributed by atoms with E-state index in [9.17, 15) is 4.79 Å². The summed E-state index contributed by atoms with van der Waals surface area (Å²) in [6, 6.07) is 1.83. The van der Waals surface area contributed by atoms with Crippen molar-refractivity contribution in [1.82, 2.24) is 19.7 Å². The third kappa shape index (κ3) is 3.80. The number of nitrogens with two attached hydrogens (primary N) is 1. The average molecular weight is 455 g/mol. The molecule has 0 unspecified atom stereocenters. The number of hydrogen-bond acceptors (Lipinski definition) is 5. The molecular weight excluding hydrogens is 434 g/mol. The number of carbonyl (C=O) groups is 1. The van der Waals surface area contributed by atoms with Gasteiger partial charge in [-0.1, -0.05) is 0 Å². The second-order valence-electron chi connectivity index (χ2n) is 6.56. The monoisotopic (exact) mass is 453 g/mol. The van der Waals surface area contributed by atoms with Crippen molar-refractivity contribution in [3.8, 4) is 0 Å². The summed E-state index contributed by atoms with van der Waals surface area (Å²) in [6.07, 6.45) is 7.34. The standard InChI is InChI=1S/C17H20BrN7O.ClH/c1-24-6-4-12(23-24)17(26)22-13-8-21-16-14(13)15(11(18)7-20-16)25-5-2-3-10(19)9-25;/h4,6-8,10H,2-3,5,9,19H2,1H3,(H,20,21)(H,22,26);1H/t10-;/m1./s1. The van der Waals surface area contributed by atoms with Crippen LogP contribution in [0.4, 0.5) is 11.4 Å². The number of anilines is 2. The number of H-pyrrole nitrogens is 1. The van der Waals surface area contributed by atoms with Gasteiger partial charge in [-0.15, -0.1) is 12.4 Å². The van der Waals surface area contributed by atoms with Gasteiger partial charge in [0.15, 0.2) is 5.69 Å². The minimum atomic E-state index is -0.257. The predicted molar refractivity (Wildman–Crippen MR) is 112 cm³/mol. The molecule has 1 saturated heterocycles. The lowest BCUT2D eigenvalue weighted by Crippen LogP contribution is -2.43. The van der Waals surface area contributed by atoms with Gasteiger partial charge in [-0.3, -0.25) is 9.48 Å². The van der Waals surface area contributed by atoms with Crippen LogP contribution in [0.5, 0.6) is 0 Å². The van der Waals surface area contributed by atoms with Crippen LogP contribution in [0.3, 0.4) is 0 Å². The van der Waals surface area contributed by atoms with E-state index in [1.807, 2.05) is 0 Å². The lowest BCUT2D eigenvalue weighted by molar-refractivity contribution is 0.102. The second kappa shape index (κ2) is 7.87. The van der Waals surface area contributed by atoms with Crippen LogP contribution in [-0.2, 0) is 7.05 Å². The molecule has 1 aliphatic rings. The van der Waals surface area contributed by atoms with Crippen LogP contribution in [0.25, 0.3) is 11.0 Å². The highest BCUT2D eigenvalue weighted by molar-refractivity contribution is 9.10. The molecule has 0 bridgehead atoms. The summed E-state index contributed by atoms with van der Waals surface area (Å²) in [6.45, 7) is 1.70. The Bertz CT molecular complexity index is 970. The smallest absolute Gasteiger partial charge is 0.276 e. The number of nitrogens with zero attached hydrogens (tertiary/aromatic N) is 4. The number of rotatable bonds is 3. The number of aryl methyl sites for hydroxylation is 1. The zero-order chi connectivity index (χ0) is 18.3. The first-order valence-corrected chi connectivity index (χ1v) is 9.29. The van der Waals surface area contributed by atoms with E-state index in [4.69, 9.17) is 5.73 Å². The highest BCUT2D eigenvalue weighted by atomic mass is 79.9. The van der Waals surface area contributed by atoms with Gasteiger partial charge in [-0.2, -0.15) is 5.10 Å². The Kier molecular flexibility index (Phi) is 5.73. The summed E-state index contributed by atoms with van der Waals surface area (Å²) in [5, 5.41) is 7.97. The fraction of sp³-hybridized carbons (Fsp3) is 0.353. The summed E-state index contributed by atoms with van der Waals surface area (Å²) in [7, 11) is 1.78. The molecule has 0 radical (unpaired) electrons. The SMILES string of the molecule is Cl.Cn1ccc(C(=O)Nc2c[nH]c3ncc(Br)c(N4CCC[C@@H](N)C4)c23)n1. The lowest BCUT2D eigenvalue weighted by atomic mass is 10.1. The first-order chi connectivity index (χ1) is 12.5. The third-order valence-electron chi connectivity index (χ3n) is 4.60. The number of nitrogens with one attached hydrogen (secondary N) is 2. The average Bonchev–Trinajstić information content (AvgIpc) is 3.22. The molecule has 1 aliphatic heterocycles. The van der Waals surface area contributed by atoms with E-state index in [0.717, 1.165) is 47.1 Å². The summed E-state index contributed by atoms with van der Waals surface area (Å²) < 4.78 is 2.48. The van der Waals surface area contributed by atoms with Crippen LogP contribution in [0, 0.1) is 0 Å². The van der Waals surface area contributed by atoms with Crippen molar-refractivity contribution in [3.05, 3.63) is 34.8 Å². The van der Waals surface area contributed by atoms with Crippen LogP contribution >= 0.6 is 28.3 Å². The molecule has 27 heavy (non-hydrogen) atoms. The van der Waals surface area contributed by atoms with Gasteiger partial charge in [0.1, 0.15) is 5.65 Å². The van der Waals surface area contributed by atoms with Gasteiger partial charge in [0, 0.05) is 44.8 Å². The highest BCUT2D eigenvalue weighted by Gasteiger charge is 2.24. The van der Waals surface area contributed by atoms with Crippen LogP contribution in [0.1, 0.15) is 23.3 Å². The molecule has 3 aromatic heterocycles. The van der Waals surface area contributed by atoms with Gasteiger partial charge in [-0.05, 0) is 34.8 Å². The summed E-state index contributed by atoms with van der Waals surface area (Å²) in [5.41, 5.74) is 8.94. The molecule has 4 rings (SSSR count). The van der Waals surface area contributed by atoms with E-state index >= 15 is 0 Å². The number of pyridine rings is 1. The first-order valence-electron chi connectivity index (χ1n) is 8.50. The normalized spacial score (nSPS) is 17.0. The van der Waals surface area contributed by atoms with Crippen molar-refractivity contribution in [2.75, 3.05) is 23.3 Å². The fourth-order valence-corrected chi connectivity index (χ4v) is 3.95. The van der Waals surface area contributed by atoms with Gasteiger partial charge in [0.25, 0.3) is 5.91 Å². The van der Waals surface area contributed by atoms with Gasteiger partial charge < -0.3 is 20.9 Å². The van der Waals surface area contributed by atoms with E-state index in [2.05, 4.69) is 41.2 Å². The predicted octanol–water partition coefficient (Wildman–Crippen LogP) is 2.66. The molecule has 1 amide bonds. The Balaban J connectivity index is 0.00000210. The largest absolute Gasteiger partial charge is 0.368 e. The maximum atomic E-state index is 12.5. The minimum absolute atomic E-state index is 0. The van der Waals surface area contributed by atoms with Crippen molar-refractivity contribution >= 4 is 56.7 Å². The summed E-state index contributed by atoms with van der Waals surface area (Å²) in [4.78, 5) is 22.4. The molecule has 0 saturated carbocycles. The molecule has 144 valence electrons. The second-order valence-corrected chi connectivity index (χ2v) is 7.41. The molecule has 0 aromatic carbocycles.